The number of nitrogens with zero attached hydrogens (tertiary/aromatic N) is 1. The van der Waals surface area contributed by atoms with Gasteiger partial charge in [0.1, 0.15) is 29.6 Å². The lowest BCUT2D eigenvalue weighted by atomic mass is 9.94. The Morgan fingerprint density at radius 3 is 2.29 bits per heavy atom. The maximum Gasteiger partial charge on any atom is 0.300 e. The molecule has 0 radical (unpaired) electrons. The maximum atomic E-state index is 13.6. The predicted molar refractivity (Wildman–Crippen MR) is 162 cm³/mol. The third-order valence-electron chi connectivity index (χ3n) is 7.03. The molecule has 42 heavy (non-hydrogen) atoms. The van der Waals surface area contributed by atoms with Crippen LogP contribution < -0.4 is 19.1 Å². The molecule has 1 N–H and O–H groups in total. The SMILES string of the molecule is COc1ccc(N2C(=O)C(=O)/C(=C(/O)c3ccc(OCc4ccccc4)c(C)c3)C2c2cccc(OC(C)C)c2)cc1. The predicted octanol–water partition coefficient (Wildman–Crippen LogP) is 7.00. The molecule has 1 aliphatic heterocycles. The van der Waals surface area contributed by atoms with Crippen molar-refractivity contribution >= 4 is 23.1 Å². The Hall–Kier alpha value is -5.04. The number of aliphatic hydroxyl groups excluding tert-OH is 1. The summed E-state index contributed by atoms with van der Waals surface area (Å²) in [7, 11) is 1.56. The molecule has 0 bridgehead atoms. The van der Waals surface area contributed by atoms with Crippen LogP contribution >= 0.6 is 0 Å². The lowest BCUT2D eigenvalue weighted by Crippen LogP contribution is -2.29. The topological polar surface area (TPSA) is 85.3 Å². The van der Waals surface area contributed by atoms with Crippen molar-refractivity contribution in [3.8, 4) is 17.2 Å². The van der Waals surface area contributed by atoms with Crippen molar-refractivity contribution in [2.75, 3.05) is 12.0 Å². The molecule has 0 aromatic heterocycles. The molecule has 7 nitrogen and oxygen atoms in total. The fourth-order valence-electron chi connectivity index (χ4n) is 5.04. The highest BCUT2D eigenvalue weighted by molar-refractivity contribution is 6.51. The van der Waals surface area contributed by atoms with Crippen LogP contribution in [0.5, 0.6) is 17.2 Å². The minimum atomic E-state index is -0.886. The second-order valence-corrected chi connectivity index (χ2v) is 10.4. The number of ketones is 1. The molecule has 1 aliphatic rings. The highest BCUT2D eigenvalue weighted by Gasteiger charge is 2.47. The van der Waals surface area contributed by atoms with Crippen molar-refractivity contribution in [1.29, 1.82) is 0 Å². The summed E-state index contributed by atoms with van der Waals surface area (Å²) in [6.45, 7) is 6.11. The molecule has 7 heteroatoms. The lowest BCUT2D eigenvalue weighted by molar-refractivity contribution is -0.132. The Morgan fingerprint density at radius 2 is 1.62 bits per heavy atom. The number of Topliss-reactive ketones (excluding diaryl/α,β-unsaturated/α-hetero) is 1. The summed E-state index contributed by atoms with van der Waals surface area (Å²) < 4.78 is 17.2. The van der Waals surface area contributed by atoms with E-state index in [4.69, 9.17) is 14.2 Å². The van der Waals surface area contributed by atoms with Gasteiger partial charge >= 0.3 is 0 Å². The number of ether oxygens (including phenoxy) is 3. The second kappa shape index (κ2) is 12.2. The van der Waals surface area contributed by atoms with Gasteiger partial charge in [-0.25, -0.2) is 0 Å². The Kier molecular flexibility index (Phi) is 8.29. The average molecular weight is 564 g/mol. The monoisotopic (exact) mass is 563 g/mol. The summed E-state index contributed by atoms with van der Waals surface area (Å²) in [5, 5.41) is 11.6. The van der Waals surface area contributed by atoms with Crippen LogP contribution in [0, 0.1) is 6.92 Å². The van der Waals surface area contributed by atoms with Gasteiger partial charge in [-0.05, 0) is 92.1 Å². The van der Waals surface area contributed by atoms with Gasteiger partial charge in [0.05, 0.1) is 24.8 Å². The lowest BCUT2D eigenvalue weighted by Gasteiger charge is -2.26. The van der Waals surface area contributed by atoms with Gasteiger partial charge in [0.25, 0.3) is 11.7 Å². The first-order valence-corrected chi connectivity index (χ1v) is 13.8. The smallest absolute Gasteiger partial charge is 0.300 e. The first kappa shape index (κ1) is 28.5. The molecular weight excluding hydrogens is 530 g/mol. The minimum absolute atomic E-state index is 0.00475. The Labute approximate surface area is 245 Å². The zero-order valence-electron chi connectivity index (χ0n) is 24.0. The molecule has 0 spiro atoms. The van der Waals surface area contributed by atoms with Gasteiger partial charge in [0.15, 0.2) is 0 Å². The average Bonchev–Trinajstić information content (AvgIpc) is 3.26. The molecular formula is C35H33NO6. The first-order valence-electron chi connectivity index (χ1n) is 13.8. The molecule has 4 aromatic carbocycles. The summed E-state index contributed by atoms with van der Waals surface area (Å²) in [5.74, 6) is 0.0984. The van der Waals surface area contributed by atoms with Gasteiger partial charge < -0.3 is 19.3 Å². The number of carbonyl (C=O) groups is 2. The molecule has 4 aromatic rings. The van der Waals surface area contributed by atoms with Crippen LogP contribution in [0.15, 0.2) is 103 Å². The van der Waals surface area contributed by atoms with Crippen LogP contribution in [0.4, 0.5) is 5.69 Å². The Balaban J connectivity index is 1.57. The third-order valence-corrected chi connectivity index (χ3v) is 7.03. The van der Waals surface area contributed by atoms with Gasteiger partial charge in [-0.3, -0.25) is 14.5 Å². The quantitative estimate of drug-likeness (QED) is 0.134. The standard InChI is InChI=1S/C35H33NO6/c1-22(2)42-29-12-8-11-25(20-29)32-31(34(38)35(39)36(32)27-14-16-28(40-4)17-15-27)33(37)26-13-18-30(23(3)19-26)41-21-24-9-6-5-7-10-24/h5-20,22,32,37H,21H2,1-4H3/b33-31+. The number of methoxy groups -OCH3 is 1. The van der Waals surface area contributed by atoms with Gasteiger partial charge in [-0.15, -0.1) is 0 Å². The summed E-state index contributed by atoms with van der Waals surface area (Å²) in [5.41, 5.74) is 3.35. The van der Waals surface area contributed by atoms with Gasteiger partial charge in [0, 0.05) is 11.3 Å². The zero-order chi connectivity index (χ0) is 29.8. The summed E-state index contributed by atoms with van der Waals surface area (Å²) in [6, 6.07) is 28.3. The number of hydrogen-bond acceptors (Lipinski definition) is 6. The molecule has 1 heterocycles. The van der Waals surface area contributed by atoms with E-state index in [9.17, 15) is 14.7 Å². The van der Waals surface area contributed by atoms with Crippen molar-refractivity contribution in [2.45, 2.75) is 39.5 Å². The number of rotatable bonds is 9. The van der Waals surface area contributed by atoms with Crippen molar-refractivity contribution in [3.63, 3.8) is 0 Å². The number of benzene rings is 4. The van der Waals surface area contributed by atoms with E-state index in [0.717, 1.165) is 11.1 Å². The molecule has 1 saturated heterocycles. The number of aryl methyl sites for hydroxylation is 1. The van der Waals surface area contributed by atoms with Crippen LogP contribution in [0.25, 0.3) is 5.76 Å². The number of hydrogen-bond donors (Lipinski definition) is 1. The summed E-state index contributed by atoms with van der Waals surface area (Å²) in [4.78, 5) is 28.5. The highest BCUT2D eigenvalue weighted by atomic mass is 16.5. The van der Waals surface area contributed by atoms with Crippen LogP contribution in [0.1, 0.15) is 42.1 Å². The van der Waals surface area contributed by atoms with Crippen LogP contribution in [-0.2, 0) is 16.2 Å². The third kappa shape index (κ3) is 5.86. The van der Waals surface area contributed by atoms with Crippen LogP contribution in [0.3, 0.4) is 0 Å². The molecule has 1 fully saturated rings. The minimum Gasteiger partial charge on any atom is -0.507 e. The number of anilines is 1. The molecule has 0 aliphatic carbocycles. The number of carbonyl (C=O) groups excluding carboxylic acids is 2. The fourth-order valence-corrected chi connectivity index (χ4v) is 5.04. The molecule has 214 valence electrons. The van der Waals surface area contributed by atoms with E-state index >= 15 is 0 Å². The summed E-state index contributed by atoms with van der Waals surface area (Å²) in [6.07, 6.45) is -0.0706. The molecule has 5 rings (SSSR count). The number of amides is 1. The van der Waals surface area contributed by atoms with Crippen molar-refractivity contribution in [3.05, 3.63) is 125 Å². The van der Waals surface area contributed by atoms with Gasteiger partial charge in [0.2, 0.25) is 0 Å². The Morgan fingerprint density at radius 1 is 0.881 bits per heavy atom. The zero-order valence-corrected chi connectivity index (χ0v) is 24.0. The largest absolute Gasteiger partial charge is 0.507 e. The molecule has 1 unspecified atom stereocenters. The highest BCUT2D eigenvalue weighted by Crippen LogP contribution is 2.43. The van der Waals surface area contributed by atoms with Gasteiger partial charge in [-0.2, -0.15) is 0 Å². The normalized spacial score (nSPS) is 16.1. The summed E-state index contributed by atoms with van der Waals surface area (Å²) >= 11 is 0. The Bertz CT molecular complexity index is 1630. The second-order valence-electron chi connectivity index (χ2n) is 10.4. The van der Waals surface area contributed by atoms with Crippen molar-refractivity contribution in [2.24, 2.45) is 0 Å². The van der Waals surface area contributed by atoms with Gasteiger partial charge in [-0.1, -0.05) is 42.5 Å². The molecule has 1 amide bonds. The van der Waals surface area contributed by atoms with E-state index in [-0.39, 0.29) is 17.4 Å². The first-order chi connectivity index (χ1) is 20.3. The van der Waals surface area contributed by atoms with E-state index in [1.54, 1.807) is 55.6 Å². The molecule has 0 saturated carbocycles. The number of aliphatic hydroxyl groups is 1. The van der Waals surface area contributed by atoms with E-state index < -0.39 is 17.7 Å². The van der Waals surface area contributed by atoms with Crippen molar-refractivity contribution in [1.82, 2.24) is 0 Å². The fraction of sp³-hybridized carbons (Fsp3) is 0.200. The molecule has 1 atom stereocenters. The van der Waals surface area contributed by atoms with E-state index in [0.29, 0.717) is 40.7 Å². The van der Waals surface area contributed by atoms with Crippen LogP contribution in [0.2, 0.25) is 0 Å². The van der Waals surface area contributed by atoms with E-state index in [1.807, 2.05) is 69.3 Å². The van der Waals surface area contributed by atoms with Crippen molar-refractivity contribution < 1.29 is 28.9 Å². The maximum absolute atomic E-state index is 13.6. The van der Waals surface area contributed by atoms with Crippen LogP contribution in [-0.4, -0.2) is 30.0 Å². The van der Waals surface area contributed by atoms with E-state index in [1.165, 1.54) is 4.90 Å². The van der Waals surface area contributed by atoms with E-state index in [2.05, 4.69) is 0 Å².